The number of aryl methyl sites for hydroxylation is 1. The molecule has 24 heavy (non-hydrogen) atoms. The predicted molar refractivity (Wildman–Crippen MR) is 99.5 cm³/mol. The highest BCUT2D eigenvalue weighted by molar-refractivity contribution is 5.52. The van der Waals surface area contributed by atoms with Gasteiger partial charge >= 0.3 is 0 Å². The third-order valence-corrected chi connectivity index (χ3v) is 8.61. The average Bonchev–Trinajstić information content (AvgIpc) is 2.51. The van der Waals surface area contributed by atoms with Crippen LogP contribution >= 0.6 is 0 Å². The van der Waals surface area contributed by atoms with Crippen LogP contribution in [0.2, 0.25) is 0 Å². The molecule has 1 aliphatic heterocycles. The van der Waals surface area contributed by atoms with Gasteiger partial charge in [0.05, 0.1) is 6.10 Å². The van der Waals surface area contributed by atoms with Crippen molar-refractivity contribution in [2.75, 3.05) is 13.6 Å². The minimum Gasteiger partial charge on any atom is -0.393 e. The van der Waals surface area contributed by atoms with E-state index in [1.807, 2.05) is 0 Å². The Morgan fingerprint density at radius 2 is 1.83 bits per heavy atom. The van der Waals surface area contributed by atoms with Crippen LogP contribution in [0.4, 0.5) is 0 Å². The lowest BCUT2D eigenvalue weighted by molar-refractivity contribution is -0.178. The van der Waals surface area contributed by atoms with Crippen molar-refractivity contribution in [1.82, 2.24) is 4.90 Å². The summed E-state index contributed by atoms with van der Waals surface area (Å²) in [4.78, 5) is 2.60. The highest BCUT2D eigenvalue weighted by Crippen LogP contribution is 2.69. The molecule has 1 heterocycles. The summed E-state index contributed by atoms with van der Waals surface area (Å²) in [5.41, 5.74) is 6.25. The molecule has 3 aliphatic rings. The highest BCUT2D eigenvalue weighted by atomic mass is 16.3. The van der Waals surface area contributed by atoms with E-state index in [4.69, 9.17) is 0 Å². The van der Waals surface area contributed by atoms with Crippen molar-refractivity contribution in [2.45, 2.75) is 77.9 Å². The number of likely N-dealkylation sites (N-methyl/N-ethyl adjacent to an activating group) is 1. The summed E-state index contributed by atoms with van der Waals surface area (Å²) in [6, 6.07) is 5.27. The fourth-order valence-electron chi connectivity index (χ4n) is 7.03. The van der Waals surface area contributed by atoms with Crippen LogP contribution in [0.5, 0.6) is 0 Å². The predicted octanol–water partition coefficient (Wildman–Crippen LogP) is 3.99. The lowest BCUT2D eigenvalue weighted by atomic mass is 9.36. The molecular formula is C22H33NO. The molecule has 132 valence electrons. The van der Waals surface area contributed by atoms with Crippen molar-refractivity contribution in [3.63, 3.8) is 0 Å². The molecule has 1 saturated heterocycles. The molecule has 2 bridgehead atoms. The molecule has 1 aromatic carbocycles. The Kier molecular flexibility index (Phi) is 3.36. The summed E-state index contributed by atoms with van der Waals surface area (Å²) in [6.07, 6.45) is 4.20. The second-order valence-electron chi connectivity index (χ2n) is 9.59. The third-order valence-electron chi connectivity index (χ3n) is 8.61. The van der Waals surface area contributed by atoms with Gasteiger partial charge in [-0.2, -0.15) is 0 Å². The highest BCUT2D eigenvalue weighted by Gasteiger charge is 2.69. The average molecular weight is 328 g/mol. The van der Waals surface area contributed by atoms with E-state index in [1.165, 1.54) is 16.7 Å². The molecule has 2 fully saturated rings. The number of rotatable bonds is 0. The van der Waals surface area contributed by atoms with Crippen LogP contribution in [0.3, 0.4) is 0 Å². The maximum atomic E-state index is 11.0. The van der Waals surface area contributed by atoms with E-state index in [0.29, 0.717) is 6.04 Å². The van der Waals surface area contributed by atoms with Crippen LogP contribution in [0.15, 0.2) is 12.1 Å². The van der Waals surface area contributed by atoms with Crippen LogP contribution in [-0.4, -0.2) is 35.7 Å². The van der Waals surface area contributed by atoms with Crippen molar-refractivity contribution < 1.29 is 5.11 Å². The van der Waals surface area contributed by atoms with Gasteiger partial charge in [0.25, 0.3) is 0 Å². The SMILES string of the molecule is Cc1ccc2c(c1C)[C@]13CCN(C)[C@H](C2)C1(C)CC[C@H](O)C3(C)C. The van der Waals surface area contributed by atoms with E-state index >= 15 is 0 Å². The maximum absolute atomic E-state index is 11.0. The summed E-state index contributed by atoms with van der Waals surface area (Å²) in [5, 5.41) is 11.0. The van der Waals surface area contributed by atoms with Gasteiger partial charge in [-0.05, 0) is 80.8 Å². The summed E-state index contributed by atoms with van der Waals surface area (Å²) < 4.78 is 0. The molecule has 0 spiro atoms. The maximum Gasteiger partial charge on any atom is 0.0600 e. The van der Waals surface area contributed by atoms with E-state index in [-0.39, 0.29) is 22.3 Å². The molecule has 4 atom stereocenters. The Morgan fingerprint density at radius 1 is 1.12 bits per heavy atom. The number of nitrogens with zero attached hydrogens (tertiary/aromatic N) is 1. The third kappa shape index (κ3) is 1.65. The summed E-state index contributed by atoms with van der Waals surface area (Å²) in [6.45, 7) is 12.9. The number of piperidine rings is 1. The summed E-state index contributed by atoms with van der Waals surface area (Å²) in [5.74, 6) is 0. The van der Waals surface area contributed by atoms with Gasteiger partial charge in [0.15, 0.2) is 0 Å². The normalized spacial score (nSPS) is 40.8. The fraction of sp³-hybridized carbons (Fsp3) is 0.727. The quantitative estimate of drug-likeness (QED) is 0.779. The Balaban J connectivity index is 2.10. The van der Waals surface area contributed by atoms with Gasteiger partial charge in [-0.15, -0.1) is 0 Å². The van der Waals surface area contributed by atoms with Crippen molar-refractivity contribution in [2.24, 2.45) is 10.8 Å². The van der Waals surface area contributed by atoms with Crippen LogP contribution in [0, 0.1) is 24.7 Å². The van der Waals surface area contributed by atoms with Gasteiger partial charge in [-0.25, -0.2) is 0 Å². The van der Waals surface area contributed by atoms with Gasteiger partial charge in [-0.1, -0.05) is 32.9 Å². The van der Waals surface area contributed by atoms with E-state index in [0.717, 1.165) is 32.2 Å². The Morgan fingerprint density at radius 3 is 2.54 bits per heavy atom. The zero-order chi connectivity index (χ0) is 17.5. The monoisotopic (exact) mass is 327 g/mol. The Hall–Kier alpha value is -0.860. The van der Waals surface area contributed by atoms with Gasteiger partial charge in [0.1, 0.15) is 0 Å². The van der Waals surface area contributed by atoms with Crippen molar-refractivity contribution >= 4 is 0 Å². The van der Waals surface area contributed by atoms with E-state index < -0.39 is 0 Å². The topological polar surface area (TPSA) is 23.5 Å². The standard InChI is InChI=1S/C22H33NO/c1-14-7-8-16-13-17-21(5)10-9-18(24)20(3,4)22(21,11-12-23(17)6)19(16)15(14)2/h7-8,17-18,24H,9-13H2,1-6H3/t17-,18+,21?,22+/m1/s1. The minimum atomic E-state index is -0.208. The van der Waals surface area contributed by atoms with Gasteiger partial charge in [0, 0.05) is 16.9 Å². The van der Waals surface area contributed by atoms with Crippen LogP contribution < -0.4 is 0 Å². The molecule has 2 nitrogen and oxygen atoms in total. The molecule has 2 heteroatoms. The van der Waals surface area contributed by atoms with Crippen LogP contribution in [-0.2, 0) is 11.8 Å². The Labute approximate surface area is 147 Å². The number of hydrogen-bond acceptors (Lipinski definition) is 2. The van der Waals surface area contributed by atoms with E-state index in [2.05, 4.69) is 58.7 Å². The number of aliphatic hydroxyl groups is 1. The number of fused-ring (bicyclic) bond motifs is 1. The fourth-order valence-corrected chi connectivity index (χ4v) is 7.03. The molecule has 1 saturated carbocycles. The first-order valence-electron chi connectivity index (χ1n) is 9.65. The zero-order valence-corrected chi connectivity index (χ0v) is 16.2. The summed E-state index contributed by atoms with van der Waals surface area (Å²) >= 11 is 0. The van der Waals surface area contributed by atoms with Crippen molar-refractivity contribution in [1.29, 1.82) is 0 Å². The smallest absolute Gasteiger partial charge is 0.0600 e. The first kappa shape index (κ1) is 16.6. The second kappa shape index (κ2) is 4.86. The minimum absolute atomic E-state index is 0.0819. The number of hydrogen-bond donors (Lipinski definition) is 1. The largest absolute Gasteiger partial charge is 0.393 e. The van der Waals surface area contributed by atoms with E-state index in [1.54, 1.807) is 5.56 Å². The lowest BCUT2D eigenvalue weighted by Crippen LogP contribution is -2.73. The Bertz CT molecular complexity index is 693. The van der Waals surface area contributed by atoms with Crippen molar-refractivity contribution in [3.05, 3.63) is 34.4 Å². The molecule has 1 unspecified atom stereocenters. The number of likely N-dealkylation sites (tertiary alicyclic amines) is 1. The summed E-state index contributed by atoms with van der Waals surface area (Å²) in [7, 11) is 2.31. The molecule has 1 aromatic rings. The molecule has 0 radical (unpaired) electrons. The second-order valence-corrected chi connectivity index (χ2v) is 9.59. The van der Waals surface area contributed by atoms with Gasteiger partial charge in [-0.3, -0.25) is 0 Å². The van der Waals surface area contributed by atoms with Crippen LogP contribution in [0.25, 0.3) is 0 Å². The molecule has 1 N–H and O–H groups in total. The number of aliphatic hydroxyl groups excluding tert-OH is 1. The van der Waals surface area contributed by atoms with Crippen LogP contribution in [0.1, 0.15) is 62.3 Å². The molecule has 4 rings (SSSR count). The number of benzene rings is 1. The first-order valence-corrected chi connectivity index (χ1v) is 9.65. The molecule has 2 aliphatic carbocycles. The van der Waals surface area contributed by atoms with Gasteiger partial charge < -0.3 is 10.0 Å². The molecule has 0 amide bonds. The molecule has 0 aromatic heterocycles. The van der Waals surface area contributed by atoms with E-state index in [9.17, 15) is 5.11 Å². The first-order chi connectivity index (χ1) is 11.2. The lowest BCUT2D eigenvalue weighted by Gasteiger charge is -2.71. The molecular weight excluding hydrogens is 294 g/mol. The van der Waals surface area contributed by atoms with Crippen molar-refractivity contribution in [3.8, 4) is 0 Å². The van der Waals surface area contributed by atoms with Gasteiger partial charge in [0.2, 0.25) is 0 Å². The zero-order valence-electron chi connectivity index (χ0n) is 16.2.